The molecular formula is C45H73NO8Si. The Balaban J connectivity index is 1.22. The molecule has 0 aromatic heterocycles. The minimum Gasteiger partial charge on any atom is -0.493 e. The van der Waals surface area contributed by atoms with E-state index in [-0.39, 0.29) is 5.97 Å². The summed E-state index contributed by atoms with van der Waals surface area (Å²) in [5.74, 6) is 2.15. The second-order valence-corrected chi connectivity index (χ2v) is 17.7. The summed E-state index contributed by atoms with van der Waals surface area (Å²) in [6.07, 6.45) is 24.0. The van der Waals surface area contributed by atoms with E-state index in [9.17, 15) is 9.59 Å². The second kappa shape index (κ2) is 28.5. The number of benzene rings is 2. The number of amides is 1. The molecule has 0 atom stereocenters. The Morgan fingerprint density at radius 3 is 1.95 bits per heavy atom. The quantitative estimate of drug-likeness (QED) is 0.0362. The van der Waals surface area contributed by atoms with E-state index in [2.05, 4.69) is 42.6 Å². The van der Waals surface area contributed by atoms with E-state index < -0.39 is 14.9 Å². The van der Waals surface area contributed by atoms with Gasteiger partial charge in [0.25, 0.3) is 0 Å². The number of unbranched alkanes of at least 4 members (excludes halogenated alkanes) is 10. The summed E-state index contributed by atoms with van der Waals surface area (Å²) in [6.45, 7) is 11.3. The number of rotatable bonds is 30. The van der Waals surface area contributed by atoms with Crippen LogP contribution >= 0.6 is 0 Å². The zero-order valence-corrected chi connectivity index (χ0v) is 35.7. The average Bonchev–Trinajstić information content (AvgIpc) is 3.19. The van der Waals surface area contributed by atoms with Crippen molar-refractivity contribution in [2.75, 3.05) is 46.2 Å². The largest absolute Gasteiger partial charge is 0.502 e. The van der Waals surface area contributed by atoms with Crippen LogP contribution in [0.3, 0.4) is 0 Å². The zero-order valence-electron chi connectivity index (χ0n) is 34.7. The summed E-state index contributed by atoms with van der Waals surface area (Å²) in [5, 5.41) is 5.00. The molecule has 0 unspecified atom stereocenters. The molecule has 0 aliphatic heterocycles. The molecule has 0 spiro atoms. The molecule has 1 fully saturated rings. The van der Waals surface area contributed by atoms with Gasteiger partial charge in [-0.05, 0) is 112 Å². The highest BCUT2D eigenvalue weighted by Gasteiger charge is 2.40. The number of hydrogen-bond donors (Lipinski definition) is 1. The Labute approximate surface area is 333 Å². The van der Waals surface area contributed by atoms with E-state index in [1.807, 2.05) is 26.8 Å². The first-order valence-corrected chi connectivity index (χ1v) is 23.7. The first-order chi connectivity index (χ1) is 26.9. The number of hydrogen-bond acceptors (Lipinski definition) is 8. The number of alkyl carbamates (subject to hydrolysis) is 1. The molecule has 0 bridgehead atoms. The van der Waals surface area contributed by atoms with Crippen LogP contribution in [0.1, 0.15) is 142 Å². The Kier molecular flexibility index (Phi) is 24.0. The van der Waals surface area contributed by atoms with Gasteiger partial charge in [0.2, 0.25) is 0 Å². The SMILES string of the molecule is CCCCCCCCCCC1CCC(COc2ccc3cc(/C=C/C(=O)OCCCCCCOC(=O)NCC[Si](OCC)(OCC)OCC)ccc3c2)CC1. The predicted molar refractivity (Wildman–Crippen MR) is 225 cm³/mol. The van der Waals surface area contributed by atoms with Crippen molar-refractivity contribution in [1.29, 1.82) is 0 Å². The second-order valence-electron chi connectivity index (χ2n) is 14.9. The number of carbonyl (C=O) groups is 2. The van der Waals surface area contributed by atoms with Crippen LogP contribution in [-0.4, -0.2) is 67.1 Å². The van der Waals surface area contributed by atoms with Gasteiger partial charge in [0.05, 0.1) is 19.8 Å². The van der Waals surface area contributed by atoms with Crippen molar-refractivity contribution in [3.05, 3.63) is 48.0 Å². The minimum atomic E-state index is -2.79. The molecule has 1 aliphatic rings. The summed E-state index contributed by atoms with van der Waals surface area (Å²) in [5.41, 5.74) is 0.949. The first kappa shape index (κ1) is 46.5. The van der Waals surface area contributed by atoms with E-state index in [0.29, 0.717) is 51.5 Å². The first-order valence-electron chi connectivity index (χ1n) is 21.7. The van der Waals surface area contributed by atoms with Gasteiger partial charge in [-0.15, -0.1) is 0 Å². The summed E-state index contributed by atoms with van der Waals surface area (Å²) < 4.78 is 34.4. The number of ether oxygens (including phenoxy) is 3. The highest BCUT2D eigenvalue weighted by Crippen LogP contribution is 2.33. The number of esters is 1. The van der Waals surface area contributed by atoms with Crippen LogP contribution in [-0.2, 0) is 27.5 Å². The maximum Gasteiger partial charge on any atom is 0.502 e. The maximum absolute atomic E-state index is 12.3. The van der Waals surface area contributed by atoms with Gasteiger partial charge in [-0.25, -0.2) is 9.59 Å². The fraction of sp³-hybridized carbons (Fsp3) is 0.689. The summed E-state index contributed by atoms with van der Waals surface area (Å²) in [7, 11) is -2.79. The fourth-order valence-electron chi connectivity index (χ4n) is 7.38. The molecule has 55 heavy (non-hydrogen) atoms. The smallest absolute Gasteiger partial charge is 0.493 e. The molecule has 1 amide bonds. The molecule has 1 aliphatic carbocycles. The number of carbonyl (C=O) groups excluding carboxylic acids is 2. The van der Waals surface area contributed by atoms with E-state index in [4.69, 9.17) is 27.5 Å². The van der Waals surface area contributed by atoms with Crippen LogP contribution in [0, 0.1) is 11.8 Å². The highest BCUT2D eigenvalue weighted by molar-refractivity contribution is 6.60. The molecule has 10 heteroatoms. The Morgan fingerprint density at radius 2 is 1.27 bits per heavy atom. The predicted octanol–water partition coefficient (Wildman–Crippen LogP) is 11.4. The fourth-order valence-corrected chi connectivity index (χ4v) is 9.81. The van der Waals surface area contributed by atoms with E-state index >= 15 is 0 Å². The van der Waals surface area contributed by atoms with Gasteiger partial charge in [-0.2, -0.15) is 0 Å². The van der Waals surface area contributed by atoms with Crippen LogP contribution < -0.4 is 10.1 Å². The lowest BCUT2D eigenvalue weighted by atomic mass is 9.80. The van der Waals surface area contributed by atoms with Crippen LogP contribution in [0.4, 0.5) is 4.79 Å². The van der Waals surface area contributed by atoms with Crippen molar-refractivity contribution in [1.82, 2.24) is 5.32 Å². The number of fused-ring (bicyclic) bond motifs is 1. The van der Waals surface area contributed by atoms with Crippen molar-refractivity contribution in [2.24, 2.45) is 11.8 Å². The van der Waals surface area contributed by atoms with E-state index in [0.717, 1.165) is 60.3 Å². The topological polar surface area (TPSA) is 102 Å². The maximum atomic E-state index is 12.3. The third kappa shape index (κ3) is 19.7. The van der Waals surface area contributed by atoms with Gasteiger partial charge >= 0.3 is 20.9 Å². The zero-order chi connectivity index (χ0) is 39.4. The summed E-state index contributed by atoms with van der Waals surface area (Å²) >= 11 is 0. The van der Waals surface area contributed by atoms with Gasteiger partial charge in [-0.1, -0.05) is 95.8 Å². The Bertz CT molecular complexity index is 1340. The molecule has 310 valence electrons. The van der Waals surface area contributed by atoms with E-state index in [1.165, 1.54) is 89.5 Å². The number of nitrogens with one attached hydrogen (secondary N) is 1. The Morgan fingerprint density at radius 1 is 0.691 bits per heavy atom. The summed E-state index contributed by atoms with van der Waals surface area (Å²) in [6, 6.07) is 12.9. The highest BCUT2D eigenvalue weighted by atomic mass is 28.4. The van der Waals surface area contributed by atoms with Crippen LogP contribution in [0.15, 0.2) is 42.5 Å². The van der Waals surface area contributed by atoms with Gasteiger partial charge in [0.15, 0.2) is 0 Å². The molecule has 9 nitrogen and oxygen atoms in total. The van der Waals surface area contributed by atoms with Crippen molar-refractivity contribution in [2.45, 2.75) is 143 Å². The lowest BCUT2D eigenvalue weighted by Gasteiger charge is -2.28. The molecule has 0 heterocycles. The standard InChI is InChI=1S/C45H73NO8Si/c1-5-9-10-11-12-13-14-17-20-38-21-23-40(24-22-38)37-51-43-29-28-41-35-39(25-27-42(41)36-43)26-30-44(47)49-32-18-15-16-19-33-50-45(48)46-31-34-55(52-6-2,53-7-3)54-8-4/h25-30,35-36,38,40H,5-24,31-34,37H2,1-4H3,(H,46,48)/b30-26+. The molecule has 2 aromatic rings. The molecular weight excluding hydrogens is 711 g/mol. The van der Waals surface area contributed by atoms with Crippen molar-refractivity contribution < 1.29 is 37.1 Å². The van der Waals surface area contributed by atoms with Crippen LogP contribution in [0.2, 0.25) is 6.04 Å². The summed E-state index contributed by atoms with van der Waals surface area (Å²) in [4.78, 5) is 24.4. The third-order valence-electron chi connectivity index (χ3n) is 10.5. The third-order valence-corrected chi connectivity index (χ3v) is 13.5. The normalized spacial score (nSPS) is 16.1. The lowest BCUT2D eigenvalue weighted by molar-refractivity contribution is -0.137. The molecule has 1 saturated carbocycles. The van der Waals surface area contributed by atoms with Gasteiger partial charge in [0, 0.05) is 38.5 Å². The van der Waals surface area contributed by atoms with E-state index in [1.54, 1.807) is 6.08 Å². The molecule has 1 N–H and O–H groups in total. The minimum absolute atomic E-state index is 0.333. The molecule has 0 radical (unpaired) electrons. The van der Waals surface area contributed by atoms with Crippen molar-refractivity contribution >= 4 is 37.7 Å². The van der Waals surface area contributed by atoms with Gasteiger partial charge < -0.3 is 32.8 Å². The average molecular weight is 784 g/mol. The molecule has 2 aromatic carbocycles. The van der Waals surface area contributed by atoms with Crippen LogP contribution in [0.5, 0.6) is 5.75 Å². The van der Waals surface area contributed by atoms with Crippen molar-refractivity contribution in [3.8, 4) is 5.75 Å². The van der Waals surface area contributed by atoms with Gasteiger partial charge in [-0.3, -0.25) is 0 Å². The Hall–Kier alpha value is -2.92. The van der Waals surface area contributed by atoms with Crippen LogP contribution in [0.25, 0.3) is 16.8 Å². The monoisotopic (exact) mass is 784 g/mol. The molecule has 0 saturated heterocycles. The lowest BCUT2D eigenvalue weighted by Crippen LogP contribution is -2.48. The molecule has 3 rings (SSSR count). The van der Waals surface area contributed by atoms with Crippen molar-refractivity contribution in [3.63, 3.8) is 0 Å². The van der Waals surface area contributed by atoms with Gasteiger partial charge in [0.1, 0.15) is 5.75 Å².